The van der Waals surface area contributed by atoms with E-state index in [0.717, 1.165) is 64.4 Å². The van der Waals surface area contributed by atoms with Crippen molar-refractivity contribution in [3.63, 3.8) is 0 Å². The number of aromatic nitrogens is 3. The molecule has 10 heteroatoms. The van der Waals surface area contributed by atoms with Gasteiger partial charge in [0.1, 0.15) is 17.1 Å². The third-order valence-corrected chi connectivity index (χ3v) is 7.62. The summed E-state index contributed by atoms with van der Waals surface area (Å²) in [5.41, 5.74) is 5.57. The molecule has 0 saturated carbocycles. The highest BCUT2D eigenvalue weighted by Gasteiger charge is 2.28. The monoisotopic (exact) mass is 555 g/mol. The SMILES string of the molecule is Cc1nonc1CN(C)Cc1cc(-c2ccc3c(c2)OCO3)ccc1OCC(=O)N1CCCC[C@@H]1c1cccnc1. The van der Waals surface area contributed by atoms with Crippen molar-refractivity contribution in [3.8, 4) is 28.4 Å². The summed E-state index contributed by atoms with van der Waals surface area (Å²) in [6, 6.07) is 15.9. The first-order chi connectivity index (χ1) is 20.0. The molecule has 4 heterocycles. The lowest BCUT2D eigenvalue weighted by Gasteiger charge is -2.36. The number of ether oxygens (including phenoxy) is 3. The van der Waals surface area contributed by atoms with Gasteiger partial charge in [-0.1, -0.05) is 28.5 Å². The Labute approximate surface area is 238 Å². The van der Waals surface area contributed by atoms with E-state index < -0.39 is 0 Å². The summed E-state index contributed by atoms with van der Waals surface area (Å²) >= 11 is 0. The largest absolute Gasteiger partial charge is 0.483 e. The first-order valence-corrected chi connectivity index (χ1v) is 13.9. The van der Waals surface area contributed by atoms with Crippen molar-refractivity contribution in [1.82, 2.24) is 25.1 Å². The highest BCUT2D eigenvalue weighted by atomic mass is 16.7. The zero-order valence-corrected chi connectivity index (χ0v) is 23.3. The Bertz CT molecular complexity index is 1510. The van der Waals surface area contributed by atoms with Crippen molar-refractivity contribution in [3.05, 3.63) is 83.4 Å². The number of hydrogen-bond donors (Lipinski definition) is 0. The molecule has 0 spiro atoms. The second-order valence-electron chi connectivity index (χ2n) is 10.5. The minimum atomic E-state index is -0.0385. The number of hydrogen-bond acceptors (Lipinski definition) is 9. The van der Waals surface area contributed by atoms with Gasteiger partial charge in [0.25, 0.3) is 5.91 Å². The summed E-state index contributed by atoms with van der Waals surface area (Å²) in [4.78, 5) is 21.8. The van der Waals surface area contributed by atoms with Crippen molar-refractivity contribution in [1.29, 1.82) is 0 Å². The second-order valence-corrected chi connectivity index (χ2v) is 10.5. The van der Waals surface area contributed by atoms with Crippen molar-refractivity contribution in [2.45, 2.75) is 45.3 Å². The summed E-state index contributed by atoms with van der Waals surface area (Å²) < 4.78 is 22.2. The quantitative estimate of drug-likeness (QED) is 0.284. The number of fused-ring (bicyclic) bond motifs is 1. The third-order valence-electron chi connectivity index (χ3n) is 7.62. The van der Waals surface area contributed by atoms with Gasteiger partial charge < -0.3 is 19.1 Å². The van der Waals surface area contributed by atoms with Crippen LogP contribution in [-0.4, -0.2) is 58.0 Å². The molecule has 6 rings (SSSR count). The van der Waals surface area contributed by atoms with E-state index >= 15 is 0 Å². The number of rotatable bonds is 9. The van der Waals surface area contributed by atoms with Crippen LogP contribution in [0.25, 0.3) is 11.1 Å². The molecule has 0 N–H and O–H groups in total. The number of likely N-dealkylation sites (tertiary alicyclic amines) is 1. The first-order valence-electron chi connectivity index (χ1n) is 13.9. The van der Waals surface area contributed by atoms with E-state index in [1.165, 1.54) is 0 Å². The van der Waals surface area contributed by atoms with E-state index in [9.17, 15) is 4.79 Å². The fraction of sp³-hybridized carbons (Fsp3) is 0.355. The molecule has 0 radical (unpaired) electrons. The second kappa shape index (κ2) is 12.0. The van der Waals surface area contributed by atoms with Gasteiger partial charge in [0.05, 0.1) is 6.04 Å². The Morgan fingerprint density at radius 1 is 1.05 bits per heavy atom. The number of pyridine rings is 1. The molecule has 41 heavy (non-hydrogen) atoms. The highest BCUT2D eigenvalue weighted by molar-refractivity contribution is 5.78. The normalized spacial score (nSPS) is 16.3. The standard InChI is InChI=1S/C31H33N5O5/c1-21-26(34-41-33-21)18-35(2)17-25-14-22(23-9-11-29-30(15-23)40-20-39-29)8-10-28(25)38-19-31(37)36-13-4-3-7-27(36)24-6-5-12-32-16-24/h5-6,8-12,14-16,27H,3-4,7,13,17-20H2,1-2H3/t27-/m1/s1. The Hall–Kier alpha value is -4.44. The van der Waals surface area contributed by atoms with Gasteiger partial charge in [0, 0.05) is 37.6 Å². The molecule has 212 valence electrons. The summed E-state index contributed by atoms with van der Waals surface area (Å²) in [5.74, 6) is 2.11. The molecule has 1 saturated heterocycles. The van der Waals surface area contributed by atoms with Crippen molar-refractivity contribution in [2.24, 2.45) is 0 Å². The Balaban J connectivity index is 1.22. The molecule has 0 bridgehead atoms. The molecule has 1 fully saturated rings. The topological polar surface area (TPSA) is 103 Å². The van der Waals surface area contributed by atoms with Crippen molar-refractivity contribution in [2.75, 3.05) is 27.0 Å². The lowest BCUT2D eigenvalue weighted by atomic mass is 9.96. The molecular formula is C31H33N5O5. The van der Waals surface area contributed by atoms with Crippen LogP contribution < -0.4 is 14.2 Å². The zero-order valence-electron chi connectivity index (χ0n) is 23.3. The maximum absolute atomic E-state index is 13.5. The van der Waals surface area contributed by atoms with Crippen LogP contribution in [-0.2, 0) is 17.9 Å². The molecule has 0 aliphatic carbocycles. The number of piperidine rings is 1. The van der Waals surface area contributed by atoms with Crippen molar-refractivity contribution < 1.29 is 23.6 Å². The molecule has 2 aromatic carbocycles. The van der Waals surface area contributed by atoms with E-state index in [2.05, 4.69) is 26.3 Å². The maximum atomic E-state index is 13.5. The van der Waals surface area contributed by atoms with Crippen LogP contribution in [0.1, 0.15) is 47.8 Å². The van der Waals surface area contributed by atoms with Gasteiger partial charge in [-0.3, -0.25) is 14.7 Å². The molecule has 2 aliphatic rings. The van der Waals surface area contributed by atoms with Crippen LogP contribution in [0, 0.1) is 6.92 Å². The first kappa shape index (κ1) is 26.8. The Morgan fingerprint density at radius 3 is 2.73 bits per heavy atom. The summed E-state index contributed by atoms with van der Waals surface area (Å²) in [6.45, 7) is 3.90. The number of amides is 1. The van der Waals surface area contributed by atoms with Crippen LogP contribution in [0.5, 0.6) is 17.2 Å². The van der Waals surface area contributed by atoms with Gasteiger partial charge in [0.15, 0.2) is 18.1 Å². The van der Waals surface area contributed by atoms with Crippen LogP contribution >= 0.6 is 0 Å². The fourth-order valence-corrected chi connectivity index (χ4v) is 5.47. The number of carbonyl (C=O) groups excluding carboxylic acids is 1. The number of aryl methyl sites for hydroxylation is 1. The number of carbonyl (C=O) groups is 1. The van der Waals surface area contributed by atoms with E-state index in [-0.39, 0.29) is 25.3 Å². The minimum Gasteiger partial charge on any atom is -0.483 e. The predicted octanol–water partition coefficient (Wildman–Crippen LogP) is 4.93. The smallest absolute Gasteiger partial charge is 0.261 e. The average Bonchev–Trinajstić information content (AvgIpc) is 3.64. The molecule has 1 atom stereocenters. The average molecular weight is 556 g/mol. The minimum absolute atomic E-state index is 0.0202. The zero-order chi connectivity index (χ0) is 28.2. The van der Waals surface area contributed by atoms with Crippen LogP contribution in [0.15, 0.2) is 65.6 Å². The summed E-state index contributed by atoms with van der Waals surface area (Å²) in [5, 5.41) is 7.91. The lowest BCUT2D eigenvalue weighted by Crippen LogP contribution is -2.41. The van der Waals surface area contributed by atoms with Gasteiger partial charge in [0.2, 0.25) is 6.79 Å². The van der Waals surface area contributed by atoms with Gasteiger partial charge >= 0.3 is 0 Å². The van der Waals surface area contributed by atoms with Crippen LogP contribution in [0.3, 0.4) is 0 Å². The van der Waals surface area contributed by atoms with Crippen LogP contribution in [0.2, 0.25) is 0 Å². The molecule has 10 nitrogen and oxygen atoms in total. The van der Waals surface area contributed by atoms with E-state index in [1.807, 2.05) is 67.5 Å². The summed E-state index contributed by atoms with van der Waals surface area (Å²) in [7, 11) is 2.00. The third kappa shape index (κ3) is 6.02. The molecule has 1 amide bonds. The molecule has 0 unspecified atom stereocenters. The van der Waals surface area contributed by atoms with E-state index in [4.69, 9.17) is 18.8 Å². The highest BCUT2D eigenvalue weighted by Crippen LogP contribution is 2.37. The maximum Gasteiger partial charge on any atom is 0.261 e. The van der Waals surface area contributed by atoms with Crippen molar-refractivity contribution >= 4 is 5.91 Å². The summed E-state index contributed by atoms with van der Waals surface area (Å²) in [6.07, 6.45) is 6.61. The lowest BCUT2D eigenvalue weighted by molar-refractivity contribution is -0.137. The number of nitrogens with zero attached hydrogens (tertiary/aromatic N) is 5. The van der Waals surface area contributed by atoms with E-state index in [1.54, 1.807) is 6.20 Å². The molecule has 2 aromatic heterocycles. The van der Waals surface area contributed by atoms with Gasteiger partial charge in [-0.15, -0.1) is 0 Å². The van der Waals surface area contributed by atoms with Gasteiger partial charge in [-0.25, -0.2) is 4.63 Å². The fourth-order valence-electron chi connectivity index (χ4n) is 5.47. The molecule has 4 aromatic rings. The predicted molar refractivity (Wildman–Crippen MR) is 150 cm³/mol. The van der Waals surface area contributed by atoms with Gasteiger partial charge in [-0.05, 0) is 80.3 Å². The number of benzene rings is 2. The van der Waals surface area contributed by atoms with E-state index in [0.29, 0.717) is 25.4 Å². The Kier molecular flexibility index (Phi) is 7.82. The molecule has 2 aliphatic heterocycles. The Morgan fingerprint density at radius 2 is 1.90 bits per heavy atom. The van der Waals surface area contributed by atoms with Gasteiger partial charge in [-0.2, -0.15) is 0 Å². The molecular weight excluding hydrogens is 522 g/mol. The van der Waals surface area contributed by atoms with Crippen LogP contribution in [0.4, 0.5) is 0 Å².